The van der Waals surface area contributed by atoms with Gasteiger partial charge in [-0.05, 0) is 120 Å². The van der Waals surface area contributed by atoms with Gasteiger partial charge in [0.15, 0.2) is 0 Å². The zero-order chi connectivity index (χ0) is 29.4. The van der Waals surface area contributed by atoms with E-state index in [2.05, 4.69) is 30.3 Å². The van der Waals surface area contributed by atoms with Crippen LogP contribution < -0.4 is 4.74 Å². The average molecular weight is 589 g/mol. The molecule has 0 unspecified atom stereocenters. The number of esters is 1. The van der Waals surface area contributed by atoms with Crippen molar-refractivity contribution in [2.24, 2.45) is 0 Å². The summed E-state index contributed by atoms with van der Waals surface area (Å²) in [7, 11) is -4.40. The van der Waals surface area contributed by atoms with Crippen molar-refractivity contribution in [3.05, 3.63) is 69.8 Å². The summed E-state index contributed by atoms with van der Waals surface area (Å²) >= 11 is 0. The molecule has 5 nitrogen and oxygen atoms in total. The molecule has 6 rings (SSSR count). The fourth-order valence-corrected chi connectivity index (χ4v) is 8.81. The van der Waals surface area contributed by atoms with Gasteiger partial charge in [-0.25, -0.2) is 4.79 Å². The van der Waals surface area contributed by atoms with Crippen LogP contribution in [0.1, 0.15) is 147 Å². The smallest absolute Gasteiger partial charge is 0.344 e. The Morgan fingerprint density at radius 2 is 1.45 bits per heavy atom. The Balaban J connectivity index is 1.56. The third-order valence-corrected chi connectivity index (χ3v) is 11.0. The first-order valence-corrected chi connectivity index (χ1v) is 17.6. The molecule has 2 fully saturated rings. The molecule has 0 bridgehead atoms. The van der Waals surface area contributed by atoms with Crippen molar-refractivity contribution in [2.45, 2.75) is 126 Å². The standard InChI is InChI=1S/C36H44O5S/c1-23(2)30-22-32(42(38,39)40)28-19-11-12-20-29(28)35(30)41-36(37)34-31(24-13-5-3-6-14-24)21-26-17-9-10-18-27(26)33(34)25-15-7-4-8-16-25/h9-10,17-18,21-25H,3-8,11-16,19-20H2,1-2H3,(H,38,39,40). The molecule has 0 amide bonds. The molecule has 42 heavy (non-hydrogen) atoms. The Kier molecular flexibility index (Phi) is 8.48. The van der Waals surface area contributed by atoms with E-state index in [1.807, 2.05) is 13.8 Å². The lowest BCUT2D eigenvalue weighted by molar-refractivity contribution is 0.0726. The van der Waals surface area contributed by atoms with Crippen LogP contribution in [0.3, 0.4) is 0 Å². The monoisotopic (exact) mass is 588 g/mol. The number of ether oxygens (including phenoxy) is 1. The third kappa shape index (κ3) is 5.65. The van der Waals surface area contributed by atoms with Gasteiger partial charge in [0.1, 0.15) is 5.75 Å². The SMILES string of the molecule is CC(C)c1cc(S(=O)(=O)O)c2c(c1OC(=O)c1c(C3CCCCC3)cc3ccccc3c1C1CCCCC1)CCCC2. The molecular weight excluding hydrogens is 544 g/mol. The summed E-state index contributed by atoms with van der Waals surface area (Å²) in [6.45, 7) is 3.96. The van der Waals surface area contributed by atoms with Crippen LogP contribution in [-0.2, 0) is 23.0 Å². The highest BCUT2D eigenvalue weighted by Gasteiger charge is 2.34. The van der Waals surface area contributed by atoms with Gasteiger partial charge in [0.2, 0.25) is 0 Å². The lowest BCUT2D eigenvalue weighted by atomic mass is 9.74. The minimum atomic E-state index is -4.40. The van der Waals surface area contributed by atoms with Crippen molar-refractivity contribution in [3.8, 4) is 5.75 Å². The van der Waals surface area contributed by atoms with Gasteiger partial charge in [0, 0.05) is 0 Å². The molecule has 3 aromatic rings. The number of hydrogen-bond acceptors (Lipinski definition) is 4. The number of rotatable bonds is 6. The Bertz CT molecular complexity index is 1590. The maximum Gasteiger partial charge on any atom is 0.344 e. The second kappa shape index (κ2) is 12.1. The van der Waals surface area contributed by atoms with Gasteiger partial charge < -0.3 is 4.74 Å². The summed E-state index contributed by atoms with van der Waals surface area (Å²) in [4.78, 5) is 14.7. The summed E-state index contributed by atoms with van der Waals surface area (Å²) in [5.41, 5.74) is 5.09. The average Bonchev–Trinajstić information content (AvgIpc) is 3.00. The highest BCUT2D eigenvalue weighted by molar-refractivity contribution is 7.85. The molecule has 1 N–H and O–H groups in total. The first kappa shape index (κ1) is 29.4. The number of fused-ring (bicyclic) bond motifs is 2. The molecule has 3 aliphatic carbocycles. The minimum Gasteiger partial charge on any atom is -0.422 e. The Morgan fingerprint density at radius 3 is 2.10 bits per heavy atom. The van der Waals surface area contributed by atoms with E-state index in [1.165, 1.54) is 43.9 Å². The van der Waals surface area contributed by atoms with Crippen molar-refractivity contribution in [3.63, 3.8) is 0 Å². The summed E-state index contributed by atoms with van der Waals surface area (Å²) in [6, 6.07) is 12.3. The number of carbonyl (C=O) groups is 1. The molecule has 3 aliphatic rings. The molecule has 0 spiro atoms. The topological polar surface area (TPSA) is 80.7 Å². The van der Waals surface area contributed by atoms with Gasteiger partial charge in [-0.15, -0.1) is 0 Å². The lowest BCUT2D eigenvalue weighted by Crippen LogP contribution is -2.22. The van der Waals surface area contributed by atoms with E-state index in [4.69, 9.17) is 4.74 Å². The van der Waals surface area contributed by atoms with Gasteiger partial charge >= 0.3 is 5.97 Å². The van der Waals surface area contributed by atoms with Gasteiger partial charge in [-0.1, -0.05) is 76.6 Å². The maximum absolute atomic E-state index is 14.7. The van der Waals surface area contributed by atoms with Crippen LogP contribution >= 0.6 is 0 Å². The first-order chi connectivity index (χ1) is 20.2. The van der Waals surface area contributed by atoms with Crippen LogP contribution in [0.25, 0.3) is 10.8 Å². The lowest BCUT2D eigenvalue weighted by Gasteiger charge is -2.31. The second-order valence-corrected chi connectivity index (χ2v) is 14.5. The molecule has 0 atom stereocenters. The maximum atomic E-state index is 14.7. The number of hydrogen-bond donors (Lipinski definition) is 1. The van der Waals surface area contributed by atoms with Crippen molar-refractivity contribution in [1.29, 1.82) is 0 Å². The summed E-state index contributed by atoms with van der Waals surface area (Å²) in [6.07, 6.45) is 14.4. The van der Waals surface area contributed by atoms with E-state index in [0.717, 1.165) is 66.2 Å². The molecular formula is C36H44O5S. The van der Waals surface area contributed by atoms with E-state index in [9.17, 15) is 17.8 Å². The second-order valence-electron chi connectivity index (χ2n) is 13.1. The van der Waals surface area contributed by atoms with Crippen molar-refractivity contribution in [2.75, 3.05) is 0 Å². The normalized spacial score (nSPS) is 18.8. The Labute approximate surface area is 250 Å². The van der Waals surface area contributed by atoms with Crippen LogP contribution in [0.4, 0.5) is 0 Å². The van der Waals surface area contributed by atoms with Gasteiger partial charge in [-0.2, -0.15) is 8.42 Å². The third-order valence-electron chi connectivity index (χ3n) is 10.1. The quantitative estimate of drug-likeness (QED) is 0.176. The first-order valence-electron chi connectivity index (χ1n) is 16.2. The van der Waals surface area contributed by atoms with Crippen LogP contribution in [0.2, 0.25) is 0 Å². The van der Waals surface area contributed by atoms with E-state index in [1.54, 1.807) is 6.07 Å². The van der Waals surface area contributed by atoms with Gasteiger partial charge in [0.25, 0.3) is 10.1 Å². The summed E-state index contributed by atoms with van der Waals surface area (Å²) in [5.74, 6) is 0.752. The zero-order valence-corrected chi connectivity index (χ0v) is 25.9. The van der Waals surface area contributed by atoms with Gasteiger partial charge in [0.05, 0.1) is 10.5 Å². The fourth-order valence-electron chi connectivity index (χ4n) is 8.00. The van der Waals surface area contributed by atoms with Crippen molar-refractivity contribution < 1.29 is 22.5 Å². The Hall–Kier alpha value is -2.70. The molecule has 0 heterocycles. The van der Waals surface area contributed by atoms with Crippen LogP contribution in [-0.4, -0.2) is 18.9 Å². The predicted octanol–water partition coefficient (Wildman–Crippen LogP) is 9.40. The Morgan fingerprint density at radius 1 is 0.833 bits per heavy atom. The van der Waals surface area contributed by atoms with Crippen LogP contribution in [0.15, 0.2) is 41.3 Å². The highest BCUT2D eigenvalue weighted by Crippen LogP contribution is 2.46. The van der Waals surface area contributed by atoms with Gasteiger partial charge in [-0.3, -0.25) is 4.55 Å². The zero-order valence-electron chi connectivity index (χ0n) is 25.1. The molecule has 0 aliphatic heterocycles. The van der Waals surface area contributed by atoms with E-state index in [-0.39, 0.29) is 16.8 Å². The summed E-state index contributed by atoms with van der Waals surface area (Å²) in [5, 5.41) is 2.36. The minimum absolute atomic E-state index is 0.0304. The molecule has 3 aromatic carbocycles. The van der Waals surface area contributed by atoms with E-state index in [0.29, 0.717) is 41.6 Å². The molecule has 0 radical (unpaired) electrons. The summed E-state index contributed by atoms with van der Waals surface area (Å²) < 4.78 is 41.6. The van der Waals surface area contributed by atoms with Crippen molar-refractivity contribution >= 4 is 26.9 Å². The predicted molar refractivity (Wildman–Crippen MR) is 168 cm³/mol. The molecule has 0 aromatic heterocycles. The molecule has 0 saturated heterocycles. The van der Waals surface area contributed by atoms with Crippen LogP contribution in [0.5, 0.6) is 5.75 Å². The number of carbonyl (C=O) groups excluding carboxylic acids is 1. The largest absolute Gasteiger partial charge is 0.422 e. The fraction of sp³-hybridized carbons (Fsp3) is 0.528. The van der Waals surface area contributed by atoms with E-state index < -0.39 is 10.1 Å². The van der Waals surface area contributed by atoms with E-state index >= 15 is 0 Å². The highest BCUT2D eigenvalue weighted by atomic mass is 32.2. The molecule has 2 saturated carbocycles. The molecule has 6 heteroatoms. The number of benzene rings is 3. The van der Waals surface area contributed by atoms with Crippen LogP contribution in [0, 0.1) is 0 Å². The van der Waals surface area contributed by atoms with Crippen molar-refractivity contribution in [1.82, 2.24) is 0 Å². The molecule has 224 valence electrons.